The van der Waals surface area contributed by atoms with Crippen LogP contribution >= 0.6 is 11.6 Å². The van der Waals surface area contributed by atoms with Crippen molar-refractivity contribution >= 4 is 11.6 Å². The molecule has 0 unspecified atom stereocenters. The molecule has 0 aliphatic carbocycles. The fourth-order valence-corrected chi connectivity index (χ4v) is 3.42. The minimum Gasteiger partial charge on any atom is -0.505 e. The standard InChI is InChI=1S/C18H17ClF4N2O2/c19-13-5-6-14(20)17(26)15(13)16(25-9-7-24-8-10-25)11-1-3-12(4-2-11)27-18(21,22)23/h1-6,16,24,26H,7-10H2/t16-/m1/s1. The van der Waals surface area contributed by atoms with Crippen molar-refractivity contribution in [1.29, 1.82) is 0 Å². The molecule has 0 spiro atoms. The highest BCUT2D eigenvalue weighted by Crippen LogP contribution is 2.41. The lowest BCUT2D eigenvalue weighted by atomic mass is 9.95. The Bertz CT molecular complexity index is 793. The fourth-order valence-electron chi connectivity index (χ4n) is 3.17. The van der Waals surface area contributed by atoms with Crippen molar-refractivity contribution in [2.75, 3.05) is 26.2 Å². The van der Waals surface area contributed by atoms with Crippen molar-refractivity contribution in [2.45, 2.75) is 12.4 Å². The van der Waals surface area contributed by atoms with Crippen LogP contribution in [0.5, 0.6) is 11.5 Å². The van der Waals surface area contributed by atoms with Crippen molar-refractivity contribution in [1.82, 2.24) is 10.2 Å². The number of rotatable bonds is 4. The summed E-state index contributed by atoms with van der Waals surface area (Å²) in [5, 5.41) is 13.6. The summed E-state index contributed by atoms with van der Waals surface area (Å²) in [7, 11) is 0. The number of aromatic hydroxyl groups is 1. The van der Waals surface area contributed by atoms with Crippen LogP contribution in [-0.2, 0) is 0 Å². The summed E-state index contributed by atoms with van der Waals surface area (Å²) in [4.78, 5) is 1.98. The molecule has 0 saturated carbocycles. The number of alkyl halides is 3. The molecule has 1 heterocycles. The van der Waals surface area contributed by atoms with E-state index in [1.807, 2.05) is 4.90 Å². The van der Waals surface area contributed by atoms with Crippen LogP contribution in [0.3, 0.4) is 0 Å². The first-order chi connectivity index (χ1) is 12.8. The van der Waals surface area contributed by atoms with Gasteiger partial charge < -0.3 is 15.2 Å². The van der Waals surface area contributed by atoms with Gasteiger partial charge in [0.2, 0.25) is 0 Å². The Labute approximate surface area is 158 Å². The molecule has 27 heavy (non-hydrogen) atoms. The van der Waals surface area contributed by atoms with Gasteiger partial charge in [-0.1, -0.05) is 23.7 Å². The van der Waals surface area contributed by atoms with Crippen LogP contribution in [0.25, 0.3) is 0 Å². The Morgan fingerprint density at radius 1 is 1.07 bits per heavy atom. The molecule has 2 aromatic carbocycles. The zero-order chi connectivity index (χ0) is 19.6. The maximum atomic E-state index is 14.0. The molecule has 0 radical (unpaired) electrons. The van der Waals surface area contributed by atoms with Crippen LogP contribution in [0.4, 0.5) is 17.6 Å². The quantitative estimate of drug-likeness (QED) is 0.754. The van der Waals surface area contributed by atoms with E-state index in [-0.39, 0.29) is 16.3 Å². The van der Waals surface area contributed by atoms with E-state index >= 15 is 0 Å². The zero-order valence-electron chi connectivity index (χ0n) is 14.1. The first-order valence-corrected chi connectivity index (χ1v) is 8.61. The molecule has 0 aromatic heterocycles. The van der Waals surface area contributed by atoms with Crippen molar-refractivity contribution in [2.24, 2.45) is 0 Å². The highest BCUT2D eigenvalue weighted by molar-refractivity contribution is 6.31. The van der Waals surface area contributed by atoms with E-state index in [2.05, 4.69) is 10.1 Å². The smallest absolute Gasteiger partial charge is 0.505 e. The highest BCUT2D eigenvalue weighted by atomic mass is 35.5. The van der Waals surface area contributed by atoms with Gasteiger partial charge in [0.25, 0.3) is 0 Å². The van der Waals surface area contributed by atoms with Gasteiger partial charge in [0.1, 0.15) is 5.75 Å². The van der Waals surface area contributed by atoms with Gasteiger partial charge in [-0.15, -0.1) is 13.2 Å². The van der Waals surface area contributed by atoms with Gasteiger partial charge in [-0.25, -0.2) is 4.39 Å². The highest BCUT2D eigenvalue weighted by Gasteiger charge is 2.32. The van der Waals surface area contributed by atoms with Crippen LogP contribution in [0.2, 0.25) is 5.02 Å². The van der Waals surface area contributed by atoms with Crippen molar-refractivity contribution in [3.05, 3.63) is 58.4 Å². The van der Waals surface area contributed by atoms with Gasteiger partial charge in [-0.3, -0.25) is 4.90 Å². The number of phenolic OH excluding ortho intramolecular Hbond substituents is 1. The number of phenols is 1. The number of hydrogen-bond donors (Lipinski definition) is 2. The lowest BCUT2D eigenvalue weighted by Crippen LogP contribution is -2.45. The summed E-state index contributed by atoms with van der Waals surface area (Å²) in [5.74, 6) is -1.74. The molecule has 1 fully saturated rings. The molecule has 2 N–H and O–H groups in total. The molecule has 3 rings (SSSR count). The Morgan fingerprint density at radius 2 is 1.70 bits per heavy atom. The molecule has 1 atom stereocenters. The molecule has 1 aliphatic rings. The minimum atomic E-state index is -4.79. The molecule has 9 heteroatoms. The van der Waals surface area contributed by atoms with Gasteiger partial charge in [0, 0.05) is 36.8 Å². The Balaban J connectivity index is 2.02. The number of piperazine rings is 1. The predicted octanol–water partition coefficient (Wildman–Crippen LogP) is 4.08. The molecule has 4 nitrogen and oxygen atoms in total. The van der Waals surface area contributed by atoms with Crippen LogP contribution in [0, 0.1) is 5.82 Å². The summed E-state index contributed by atoms with van der Waals surface area (Å²) >= 11 is 6.24. The van der Waals surface area contributed by atoms with E-state index in [4.69, 9.17) is 11.6 Å². The topological polar surface area (TPSA) is 44.7 Å². The second kappa shape index (κ2) is 7.92. The van der Waals surface area contributed by atoms with Gasteiger partial charge in [0.05, 0.1) is 6.04 Å². The first kappa shape index (κ1) is 19.7. The molecule has 1 saturated heterocycles. The third-order valence-electron chi connectivity index (χ3n) is 4.33. The lowest BCUT2D eigenvalue weighted by molar-refractivity contribution is -0.274. The van der Waals surface area contributed by atoms with Crippen molar-refractivity contribution in [3.8, 4) is 11.5 Å². The summed E-state index contributed by atoms with van der Waals surface area (Å²) in [6.45, 7) is 2.55. The van der Waals surface area contributed by atoms with E-state index in [1.165, 1.54) is 30.3 Å². The van der Waals surface area contributed by atoms with Gasteiger partial charge >= 0.3 is 6.36 Å². The average molecular weight is 405 g/mol. The van der Waals surface area contributed by atoms with E-state index in [9.17, 15) is 22.7 Å². The number of nitrogens with zero attached hydrogens (tertiary/aromatic N) is 1. The molecular weight excluding hydrogens is 388 g/mol. The van der Waals surface area contributed by atoms with Gasteiger partial charge in [-0.05, 0) is 29.8 Å². The third-order valence-corrected chi connectivity index (χ3v) is 4.66. The number of benzene rings is 2. The summed E-state index contributed by atoms with van der Waals surface area (Å²) < 4.78 is 55.0. The molecule has 146 valence electrons. The SMILES string of the molecule is Oc1c(F)ccc(Cl)c1[C@@H](c1ccc(OC(F)(F)F)cc1)N1CCNCC1. The Hall–Kier alpha value is -2.03. The zero-order valence-corrected chi connectivity index (χ0v) is 14.8. The van der Waals surface area contributed by atoms with Crippen LogP contribution in [0.1, 0.15) is 17.2 Å². The summed E-state index contributed by atoms with van der Waals surface area (Å²) in [6, 6.07) is 7.07. The molecule has 0 bridgehead atoms. The van der Waals surface area contributed by atoms with E-state index < -0.39 is 24.0 Å². The maximum absolute atomic E-state index is 14.0. The largest absolute Gasteiger partial charge is 0.573 e. The van der Waals surface area contributed by atoms with Crippen LogP contribution in [-0.4, -0.2) is 42.5 Å². The Morgan fingerprint density at radius 3 is 2.30 bits per heavy atom. The molecule has 0 amide bonds. The fraction of sp³-hybridized carbons (Fsp3) is 0.333. The average Bonchev–Trinajstić information content (AvgIpc) is 2.62. The number of ether oxygens (including phenoxy) is 1. The minimum absolute atomic E-state index is 0.174. The van der Waals surface area contributed by atoms with E-state index in [0.29, 0.717) is 31.7 Å². The molecular formula is C18H17ClF4N2O2. The third kappa shape index (κ3) is 4.63. The number of nitrogens with one attached hydrogen (secondary N) is 1. The first-order valence-electron chi connectivity index (χ1n) is 8.23. The monoisotopic (exact) mass is 404 g/mol. The van der Waals surface area contributed by atoms with E-state index in [0.717, 1.165) is 6.07 Å². The van der Waals surface area contributed by atoms with Gasteiger partial charge in [0.15, 0.2) is 11.6 Å². The van der Waals surface area contributed by atoms with E-state index in [1.54, 1.807) is 0 Å². The normalized spacial score (nSPS) is 16.9. The predicted molar refractivity (Wildman–Crippen MR) is 92.5 cm³/mol. The molecule has 2 aromatic rings. The molecule has 1 aliphatic heterocycles. The number of hydrogen-bond acceptors (Lipinski definition) is 4. The second-order valence-electron chi connectivity index (χ2n) is 6.10. The van der Waals surface area contributed by atoms with Gasteiger partial charge in [-0.2, -0.15) is 0 Å². The van der Waals surface area contributed by atoms with Crippen LogP contribution < -0.4 is 10.1 Å². The lowest BCUT2D eigenvalue weighted by Gasteiger charge is -2.36. The summed E-state index contributed by atoms with van der Waals surface area (Å²) in [5.41, 5.74) is 0.747. The van der Waals surface area contributed by atoms with Crippen molar-refractivity contribution in [3.63, 3.8) is 0 Å². The summed E-state index contributed by atoms with van der Waals surface area (Å²) in [6.07, 6.45) is -4.79. The number of halogens is 5. The Kier molecular flexibility index (Phi) is 5.78. The second-order valence-corrected chi connectivity index (χ2v) is 6.50. The van der Waals surface area contributed by atoms with Crippen molar-refractivity contribution < 1.29 is 27.4 Å². The maximum Gasteiger partial charge on any atom is 0.573 e. The van der Waals surface area contributed by atoms with Crippen LogP contribution in [0.15, 0.2) is 36.4 Å².